The van der Waals surface area contributed by atoms with E-state index in [9.17, 15) is 9.90 Å². The van der Waals surface area contributed by atoms with Crippen molar-refractivity contribution in [2.24, 2.45) is 5.10 Å². The molecule has 0 fully saturated rings. The number of carbonyl (C=O) groups excluding carboxylic acids is 1. The SMILES string of the molecule is CCOc1cccc(C=NNC(=O)c2ccccn2)c1O. The number of hydrogen-bond acceptors (Lipinski definition) is 5. The van der Waals surface area contributed by atoms with Crippen LogP contribution in [0, 0.1) is 0 Å². The standard InChI is InChI=1S/C15H15N3O3/c1-2-21-13-8-5-6-11(14(13)19)10-17-18-15(20)12-7-3-4-9-16-12/h3-10,19H,2H2,1H3,(H,18,20). The Hall–Kier alpha value is -2.89. The fraction of sp³-hybridized carbons (Fsp3) is 0.133. The van der Waals surface area contributed by atoms with E-state index in [4.69, 9.17) is 4.74 Å². The number of phenolic OH excluding ortho intramolecular Hbond substituents is 1. The van der Waals surface area contributed by atoms with Gasteiger partial charge in [-0.3, -0.25) is 9.78 Å². The Morgan fingerprint density at radius 1 is 1.38 bits per heavy atom. The maximum absolute atomic E-state index is 11.7. The third-order valence-corrected chi connectivity index (χ3v) is 2.60. The number of phenols is 1. The van der Waals surface area contributed by atoms with Crippen LogP contribution >= 0.6 is 0 Å². The lowest BCUT2D eigenvalue weighted by atomic mass is 10.2. The number of hydrogen-bond donors (Lipinski definition) is 2. The van der Waals surface area contributed by atoms with Gasteiger partial charge >= 0.3 is 0 Å². The zero-order valence-corrected chi connectivity index (χ0v) is 11.5. The quantitative estimate of drug-likeness (QED) is 0.649. The molecule has 0 aliphatic carbocycles. The van der Waals surface area contributed by atoms with Crippen LogP contribution in [-0.4, -0.2) is 28.8 Å². The molecule has 0 unspecified atom stereocenters. The Morgan fingerprint density at radius 3 is 2.95 bits per heavy atom. The van der Waals surface area contributed by atoms with Crippen molar-refractivity contribution in [2.75, 3.05) is 6.61 Å². The van der Waals surface area contributed by atoms with Gasteiger partial charge in [0.05, 0.1) is 12.8 Å². The van der Waals surface area contributed by atoms with Gasteiger partial charge in [0.15, 0.2) is 11.5 Å². The second-order valence-corrected chi connectivity index (χ2v) is 4.04. The largest absolute Gasteiger partial charge is 0.504 e. The Kier molecular flexibility index (Phi) is 4.87. The Morgan fingerprint density at radius 2 is 2.24 bits per heavy atom. The molecule has 1 heterocycles. The van der Waals surface area contributed by atoms with Crippen molar-refractivity contribution in [3.8, 4) is 11.5 Å². The number of aromatic hydroxyl groups is 1. The number of rotatable bonds is 5. The minimum atomic E-state index is -0.424. The molecule has 1 aromatic carbocycles. The molecule has 0 spiro atoms. The second kappa shape index (κ2) is 7.04. The van der Waals surface area contributed by atoms with Crippen molar-refractivity contribution in [1.82, 2.24) is 10.4 Å². The van der Waals surface area contributed by atoms with E-state index in [0.717, 1.165) is 0 Å². The summed E-state index contributed by atoms with van der Waals surface area (Å²) in [6.45, 7) is 2.28. The van der Waals surface area contributed by atoms with Crippen molar-refractivity contribution in [3.05, 3.63) is 53.9 Å². The number of ether oxygens (including phenoxy) is 1. The summed E-state index contributed by atoms with van der Waals surface area (Å²) in [6, 6.07) is 10.1. The Bertz CT molecular complexity index is 642. The van der Waals surface area contributed by atoms with E-state index in [2.05, 4.69) is 15.5 Å². The number of para-hydroxylation sites is 1. The minimum absolute atomic E-state index is 0.0183. The van der Waals surface area contributed by atoms with Gasteiger partial charge in [0.25, 0.3) is 5.91 Å². The molecule has 0 bridgehead atoms. The van der Waals surface area contributed by atoms with Crippen LogP contribution in [0.1, 0.15) is 23.0 Å². The molecule has 6 nitrogen and oxygen atoms in total. The van der Waals surface area contributed by atoms with Crippen LogP contribution in [0.25, 0.3) is 0 Å². The molecule has 6 heteroatoms. The van der Waals surface area contributed by atoms with Gasteiger partial charge in [0.2, 0.25) is 0 Å². The van der Waals surface area contributed by atoms with Gasteiger partial charge < -0.3 is 9.84 Å². The Labute approximate surface area is 122 Å². The Balaban J connectivity index is 2.05. The highest BCUT2D eigenvalue weighted by Gasteiger charge is 2.07. The molecule has 1 aromatic heterocycles. The van der Waals surface area contributed by atoms with Gasteiger partial charge in [-0.1, -0.05) is 12.1 Å². The van der Waals surface area contributed by atoms with E-state index in [0.29, 0.717) is 17.9 Å². The highest BCUT2D eigenvalue weighted by molar-refractivity contribution is 5.93. The smallest absolute Gasteiger partial charge is 0.289 e. The first-order valence-electron chi connectivity index (χ1n) is 6.41. The van der Waals surface area contributed by atoms with Crippen LogP contribution in [0.5, 0.6) is 11.5 Å². The molecule has 21 heavy (non-hydrogen) atoms. The maximum Gasteiger partial charge on any atom is 0.289 e. The summed E-state index contributed by atoms with van der Waals surface area (Å²) in [5.41, 5.74) is 3.05. The monoisotopic (exact) mass is 285 g/mol. The van der Waals surface area contributed by atoms with Crippen LogP contribution in [0.3, 0.4) is 0 Å². The number of hydrazone groups is 1. The minimum Gasteiger partial charge on any atom is -0.504 e. The molecule has 0 radical (unpaired) electrons. The fourth-order valence-electron chi connectivity index (χ4n) is 1.63. The lowest BCUT2D eigenvalue weighted by Crippen LogP contribution is -2.18. The van der Waals surface area contributed by atoms with Crippen molar-refractivity contribution in [3.63, 3.8) is 0 Å². The molecule has 2 aromatic rings. The zero-order valence-electron chi connectivity index (χ0n) is 11.5. The fourth-order valence-corrected chi connectivity index (χ4v) is 1.63. The first-order chi connectivity index (χ1) is 10.2. The van der Waals surface area contributed by atoms with Crippen LogP contribution < -0.4 is 10.2 Å². The third kappa shape index (κ3) is 3.79. The van der Waals surface area contributed by atoms with Crippen molar-refractivity contribution in [2.45, 2.75) is 6.92 Å². The number of nitrogens with one attached hydrogen (secondary N) is 1. The predicted molar refractivity (Wildman–Crippen MR) is 78.6 cm³/mol. The van der Waals surface area contributed by atoms with Crippen LogP contribution in [0.15, 0.2) is 47.7 Å². The average molecular weight is 285 g/mol. The van der Waals surface area contributed by atoms with Crippen LogP contribution in [-0.2, 0) is 0 Å². The van der Waals surface area contributed by atoms with E-state index in [1.165, 1.54) is 12.4 Å². The third-order valence-electron chi connectivity index (χ3n) is 2.60. The molecule has 0 saturated carbocycles. The summed E-state index contributed by atoms with van der Waals surface area (Å²) in [4.78, 5) is 15.6. The van der Waals surface area contributed by atoms with Gasteiger partial charge in [-0.15, -0.1) is 0 Å². The van der Waals surface area contributed by atoms with Gasteiger partial charge in [-0.25, -0.2) is 5.43 Å². The molecular formula is C15H15N3O3. The van der Waals surface area contributed by atoms with Gasteiger partial charge in [-0.2, -0.15) is 5.10 Å². The van der Waals surface area contributed by atoms with Crippen LogP contribution in [0.2, 0.25) is 0 Å². The first-order valence-corrected chi connectivity index (χ1v) is 6.41. The summed E-state index contributed by atoms with van der Waals surface area (Å²) in [6.07, 6.45) is 2.87. The highest BCUT2D eigenvalue weighted by Crippen LogP contribution is 2.28. The van der Waals surface area contributed by atoms with E-state index < -0.39 is 5.91 Å². The molecule has 0 saturated heterocycles. The zero-order chi connectivity index (χ0) is 15.1. The topological polar surface area (TPSA) is 83.8 Å². The first kappa shape index (κ1) is 14.5. The average Bonchev–Trinajstić information content (AvgIpc) is 2.52. The van der Waals surface area contributed by atoms with Crippen molar-refractivity contribution >= 4 is 12.1 Å². The van der Waals surface area contributed by atoms with E-state index >= 15 is 0 Å². The molecule has 0 atom stereocenters. The predicted octanol–water partition coefficient (Wildman–Crippen LogP) is 1.95. The lowest BCUT2D eigenvalue weighted by molar-refractivity contribution is 0.0950. The molecule has 0 aliphatic heterocycles. The van der Waals surface area contributed by atoms with E-state index in [1.807, 2.05) is 6.92 Å². The van der Waals surface area contributed by atoms with Crippen molar-refractivity contribution in [1.29, 1.82) is 0 Å². The van der Waals surface area contributed by atoms with Gasteiger partial charge in [0, 0.05) is 11.8 Å². The van der Waals surface area contributed by atoms with Gasteiger partial charge in [-0.05, 0) is 31.2 Å². The normalized spacial score (nSPS) is 10.5. The second-order valence-electron chi connectivity index (χ2n) is 4.04. The van der Waals surface area contributed by atoms with Gasteiger partial charge in [0.1, 0.15) is 5.69 Å². The molecule has 108 valence electrons. The molecule has 2 N–H and O–H groups in total. The molecule has 0 aliphatic rings. The summed E-state index contributed by atoms with van der Waals surface area (Å²) < 4.78 is 5.27. The maximum atomic E-state index is 11.7. The number of nitrogens with zero attached hydrogens (tertiary/aromatic N) is 2. The summed E-state index contributed by atoms with van der Waals surface area (Å²) in [7, 11) is 0. The van der Waals surface area contributed by atoms with Crippen LogP contribution in [0.4, 0.5) is 0 Å². The summed E-state index contributed by atoms with van der Waals surface area (Å²) >= 11 is 0. The molecular weight excluding hydrogens is 270 g/mol. The summed E-state index contributed by atoms with van der Waals surface area (Å²) in [5.74, 6) is -0.0695. The number of aromatic nitrogens is 1. The summed E-state index contributed by atoms with van der Waals surface area (Å²) in [5, 5.41) is 13.8. The number of pyridine rings is 1. The molecule has 1 amide bonds. The number of carbonyl (C=O) groups is 1. The molecule has 2 rings (SSSR count). The highest BCUT2D eigenvalue weighted by atomic mass is 16.5. The number of amides is 1. The lowest BCUT2D eigenvalue weighted by Gasteiger charge is -2.07. The van der Waals surface area contributed by atoms with Crippen molar-refractivity contribution < 1.29 is 14.6 Å². The number of benzene rings is 1. The van der Waals surface area contributed by atoms with E-state index in [-0.39, 0.29) is 11.4 Å². The van der Waals surface area contributed by atoms with E-state index in [1.54, 1.807) is 36.4 Å².